The summed E-state index contributed by atoms with van der Waals surface area (Å²) in [5.74, 6) is 0.583. The monoisotopic (exact) mass is 158 g/mol. The number of esters is 1. The molecule has 0 aliphatic heterocycles. The number of rotatable bonds is 5. The second kappa shape index (κ2) is 6.20. The summed E-state index contributed by atoms with van der Waals surface area (Å²) >= 11 is 0. The standard InChI is InChI=1S/C9H18O2/c1-4-8(2)6-5-7-11-9(3)10/h8H,4-7H2,1-3H3/t8-/m1/s1. The van der Waals surface area contributed by atoms with Crippen molar-refractivity contribution in [2.24, 2.45) is 5.92 Å². The molecule has 0 bridgehead atoms. The Labute approximate surface area is 68.9 Å². The lowest BCUT2D eigenvalue weighted by Gasteiger charge is -2.06. The SMILES string of the molecule is CC[C@@H](C)CCCOC(C)=O. The van der Waals surface area contributed by atoms with E-state index in [2.05, 4.69) is 13.8 Å². The Morgan fingerprint density at radius 1 is 1.55 bits per heavy atom. The Kier molecular flexibility index (Phi) is 5.90. The van der Waals surface area contributed by atoms with Crippen LogP contribution >= 0.6 is 0 Å². The highest BCUT2D eigenvalue weighted by Gasteiger charge is 1.98. The fourth-order valence-corrected chi connectivity index (χ4v) is 0.852. The van der Waals surface area contributed by atoms with E-state index >= 15 is 0 Å². The first kappa shape index (κ1) is 10.5. The molecular formula is C9H18O2. The molecule has 0 fully saturated rings. The molecule has 0 unspecified atom stereocenters. The first-order valence-corrected chi connectivity index (χ1v) is 4.30. The first-order chi connectivity index (χ1) is 5.16. The predicted molar refractivity (Wildman–Crippen MR) is 45.3 cm³/mol. The maximum Gasteiger partial charge on any atom is 0.302 e. The molecule has 66 valence electrons. The van der Waals surface area contributed by atoms with Gasteiger partial charge in [-0.2, -0.15) is 0 Å². The van der Waals surface area contributed by atoms with Crippen molar-refractivity contribution in [1.29, 1.82) is 0 Å². The zero-order valence-corrected chi connectivity index (χ0v) is 7.72. The molecule has 0 radical (unpaired) electrons. The van der Waals surface area contributed by atoms with Gasteiger partial charge in [0.25, 0.3) is 0 Å². The van der Waals surface area contributed by atoms with Crippen LogP contribution in [0.1, 0.15) is 40.0 Å². The first-order valence-electron chi connectivity index (χ1n) is 4.30. The summed E-state index contributed by atoms with van der Waals surface area (Å²) in [5, 5.41) is 0. The van der Waals surface area contributed by atoms with Gasteiger partial charge in [0.05, 0.1) is 6.61 Å². The van der Waals surface area contributed by atoms with Crippen LogP contribution in [-0.4, -0.2) is 12.6 Å². The minimum absolute atomic E-state index is 0.172. The Morgan fingerprint density at radius 3 is 2.64 bits per heavy atom. The molecule has 0 rings (SSSR count). The van der Waals surface area contributed by atoms with E-state index in [9.17, 15) is 4.79 Å². The van der Waals surface area contributed by atoms with Crippen molar-refractivity contribution >= 4 is 5.97 Å². The second-order valence-corrected chi connectivity index (χ2v) is 3.00. The second-order valence-electron chi connectivity index (χ2n) is 3.00. The van der Waals surface area contributed by atoms with Gasteiger partial charge in [-0.05, 0) is 18.8 Å². The predicted octanol–water partition coefficient (Wildman–Crippen LogP) is 2.38. The molecule has 2 nitrogen and oxygen atoms in total. The van der Waals surface area contributed by atoms with Gasteiger partial charge in [-0.15, -0.1) is 0 Å². The van der Waals surface area contributed by atoms with Crippen LogP contribution in [0.4, 0.5) is 0 Å². The molecule has 0 aliphatic carbocycles. The lowest BCUT2D eigenvalue weighted by Crippen LogP contribution is -2.02. The molecule has 11 heavy (non-hydrogen) atoms. The zero-order chi connectivity index (χ0) is 8.69. The third-order valence-corrected chi connectivity index (χ3v) is 1.84. The summed E-state index contributed by atoms with van der Waals surface area (Å²) < 4.78 is 4.80. The number of hydrogen-bond donors (Lipinski definition) is 0. The van der Waals surface area contributed by atoms with Crippen molar-refractivity contribution in [2.45, 2.75) is 40.0 Å². The van der Waals surface area contributed by atoms with Crippen LogP contribution in [0, 0.1) is 5.92 Å². The van der Waals surface area contributed by atoms with Gasteiger partial charge in [-0.1, -0.05) is 20.3 Å². The van der Waals surface area contributed by atoms with Crippen LogP contribution in [0.5, 0.6) is 0 Å². The van der Waals surface area contributed by atoms with E-state index in [1.807, 2.05) is 0 Å². The quantitative estimate of drug-likeness (QED) is 0.453. The van der Waals surface area contributed by atoms with E-state index in [1.165, 1.54) is 13.3 Å². The summed E-state index contributed by atoms with van der Waals surface area (Å²) in [7, 11) is 0. The summed E-state index contributed by atoms with van der Waals surface area (Å²) in [4.78, 5) is 10.3. The topological polar surface area (TPSA) is 26.3 Å². The largest absolute Gasteiger partial charge is 0.466 e. The Bertz CT molecular complexity index is 110. The van der Waals surface area contributed by atoms with E-state index in [0.29, 0.717) is 6.61 Å². The van der Waals surface area contributed by atoms with Crippen molar-refractivity contribution in [2.75, 3.05) is 6.61 Å². The lowest BCUT2D eigenvalue weighted by atomic mass is 10.0. The van der Waals surface area contributed by atoms with Gasteiger partial charge in [-0.25, -0.2) is 0 Å². The molecule has 0 N–H and O–H groups in total. The summed E-state index contributed by atoms with van der Waals surface area (Å²) in [6.07, 6.45) is 3.36. The zero-order valence-electron chi connectivity index (χ0n) is 7.72. The Hall–Kier alpha value is -0.530. The van der Waals surface area contributed by atoms with Crippen LogP contribution in [0.25, 0.3) is 0 Å². The molecule has 1 atom stereocenters. The fraction of sp³-hybridized carbons (Fsp3) is 0.889. The number of carbonyl (C=O) groups excluding carboxylic acids is 1. The fourth-order valence-electron chi connectivity index (χ4n) is 0.852. The van der Waals surface area contributed by atoms with E-state index in [4.69, 9.17) is 4.74 Å². The summed E-state index contributed by atoms with van der Waals surface area (Å²) in [6, 6.07) is 0. The molecule has 0 aromatic carbocycles. The number of hydrogen-bond acceptors (Lipinski definition) is 2. The third-order valence-electron chi connectivity index (χ3n) is 1.84. The van der Waals surface area contributed by atoms with Crippen molar-refractivity contribution in [3.63, 3.8) is 0 Å². The Balaban J connectivity index is 3.08. The van der Waals surface area contributed by atoms with Crippen molar-refractivity contribution in [1.82, 2.24) is 0 Å². The number of ether oxygens (including phenoxy) is 1. The van der Waals surface area contributed by atoms with Gasteiger partial charge in [-0.3, -0.25) is 4.79 Å². The molecule has 0 heterocycles. The van der Waals surface area contributed by atoms with Gasteiger partial charge in [0.15, 0.2) is 0 Å². The molecule has 0 saturated heterocycles. The van der Waals surface area contributed by atoms with Crippen LogP contribution in [-0.2, 0) is 9.53 Å². The van der Waals surface area contributed by atoms with E-state index in [-0.39, 0.29) is 5.97 Å². The molecule has 2 heteroatoms. The summed E-state index contributed by atoms with van der Waals surface area (Å²) in [6.45, 7) is 6.42. The van der Waals surface area contributed by atoms with E-state index < -0.39 is 0 Å². The van der Waals surface area contributed by atoms with Gasteiger partial charge < -0.3 is 4.74 Å². The molecule has 0 aromatic heterocycles. The Morgan fingerprint density at radius 2 is 2.18 bits per heavy atom. The van der Waals surface area contributed by atoms with Crippen LogP contribution in [0.15, 0.2) is 0 Å². The average Bonchev–Trinajstić information content (AvgIpc) is 1.97. The normalized spacial score (nSPS) is 12.6. The third kappa shape index (κ3) is 7.37. The minimum Gasteiger partial charge on any atom is -0.466 e. The van der Waals surface area contributed by atoms with Gasteiger partial charge >= 0.3 is 5.97 Å². The van der Waals surface area contributed by atoms with Crippen molar-refractivity contribution in [3.8, 4) is 0 Å². The highest BCUT2D eigenvalue weighted by molar-refractivity contribution is 5.65. The van der Waals surface area contributed by atoms with E-state index in [0.717, 1.165) is 18.8 Å². The lowest BCUT2D eigenvalue weighted by molar-refractivity contribution is -0.141. The minimum atomic E-state index is -0.172. The number of carbonyl (C=O) groups is 1. The highest BCUT2D eigenvalue weighted by atomic mass is 16.5. The smallest absolute Gasteiger partial charge is 0.302 e. The molecule has 0 spiro atoms. The molecule has 0 amide bonds. The van der Waals surface area contributed by atoms with Crippen LogP contribution < -0.4 is 0 Å². The molecule has 0 aromatic rings. The maximum absolute atomic E-state index is 10.3. The molecule has 0 aliphatic rings. The van der Waals surface area contributed by atoms with Gasteiger partial charge in [0.1, 0.15) is 0 Å². The van der Waals surface area contributed by atoms with Crippen LogP contribution in [0.3, 0.4) is 0 Å². The average molecular weight is 158 g/mol. The highest BCUT2D eigenvalue weighted by Crippen LogP contribution is 2.08. The van der Waals surface area contributed by atoms with E-state index in [1.54, 1.807) is 0 Å². The van der Waals surface area contributed by atoms with Crippen molar-refractivity contribution < 1.29 is 9.53 Å². The van der Waals surface area contributed by atoms with Crippen LogP contribution in [0.2, 0.25) is 0 Å². The van der Waals surface area contributed by atoms with Crippen molar-refractivity contribution in [3.05, 3.63) is 0 Å². The summed E-state index contributed by atoms with van der Waals surface area (Å²) in [5.41, 5.74) is 0. The maximum atomic E-state index is 10.3. The molecule has 0 saturated carbocycles. The molecular weight excluding hydrogens is 140 g/mol. The van der Waals surface area contributed by atoms with Gasteiger partial charge in [0.2, 0.25) is 0 Å². The van der Waals surface area contributed by atoms with Gasteiger partial charge in [0, 0.05) is 6.92 Å².